The molecule has 0 N–H and O–H groups in total. The summed E-state index contributed by atoms with van der Waals surface area (Å²) in [4.78, 5) is 0. The zero-order chi connectivity index (χ0) is 8.97. The van der Waals surface area contributed by atoms with Gasteiger partial charge in [-0.1, -0.05) is 48.0 Å². The van der Waals surface area contributed by atoms with Crippen LogP contribution in [-0.4, -0.2) is 0 Å². The van der Waals surface area contributed by atoms with Crippen LogP contribution in [0.2, 0.25) is 5.02 Å². The van der Waals surface area contributed by atoms with Gasteiger partial charge in [0.05, 0.1) is 0 Å². The number of halogens is 2. The largest absolute Gasteiger partial charge is 0.0850 e. The minimum absolute atomic E-state index is 0.518. The van der Waals surface area contributed by atoms with Crippen LogP contribution in [0.15, 0.2) is 42.0 Å². The Bertz CT molecular complexity index is 296. The number of benzene rings is 1. The second-order valence-corrected chi connectivity index (χ2v) is 3.25. The molecule has 0 aliphatic rings. The minimum Gasteiger partial charge on any atom is -0.0850 e. The Hall–Kier alpha value is -0.720. The Morgan fingerprint density at radius 2 is 1.83 bits per heavy atom. The topological polar surface area (TPSA) is 0 Å². The van der Waals surface area contributed by atoms with Crippen LogP contribution in [0.4, 0.5) is 0 Å². The second kappa shape index (κ2) is 4.34. The number of hydrogen-bond acceptors (Lipinski definition) is 0. The fourth-order valence-corrected chi connectivity index (χ4v) is 0.950. The van der Waals surface area contributed by atoms with Crippen molar-refractivity contribution in [3.8, 4) is 0 Å². The van der Waals surface area contributed by atoms with Crippen LogP contribution in [0.5, 0.6) is 0 Å². The Morgan fingerprint density at radius 3 is 2.33 bits per heavy atom. The average molecular weight is 199 g/mol. The third-order valence-electron chi connectivity index (χ3n) is 1.33. The number of hydrogen-bond donors (Lipinski definition) is 0. The first kappa shape index (κ1) is 9.37. The monoisotopic (exact) mass is 198 g/mol. The number of allylic oxidation sites excluding steroid dienone is 2. The summed E-state index contributed by atoms with van der Waals surface area (Å²) >= 11 is 11.3. The van der Waals surface area contributed by atoms with Crippen molar-refractivity contribution < 1.29 is 0 Å². The van der Waals surface area contributed by atoms with Gasteiger partial charge >= 0.3 is 0 Å². The summed E-state index contributed by atoms with van der Waals surface area (Å²) in [5, 5.41) is 1.25. The lowest BCUT2D eigenvalue weighted by Crippen LogP contribution is -1.69. The molecule has 0 aliphatic heterocycles. The smallest absolute Gasteiger partial charge is 0.0406 e. The van der Waals surface area contributed by atoms with Gasteiger partial charge in [0.2, 0.25) is 0 Å². The zero-order valence-corrected chi connectivity index (χ0v) is 7.94. The van der Waals surface area contributed by atoms with Crippen LogP contribution in [0.3, 0.4) is 0 Å². The molecule has 1 aromatic rings. The normalized spacial score (nSPS) is 10.5. The molecular weight excluding hydrogens is 191 g/mol. The van der Waals surface area contributed by atoms with Gasteiger partial charge in [-0.05, 0) is 23.8 Å². The summed E-state index contributed by atoms with van der Waals surface area (Å²) in [6.07, 6.45) is 3.62. The standard InChI is InChI=1S/C10H8Cl2/c1-8(11)2-3-9-4-6-10(12)7-5-9/h2-7H,1H2/b3-2+. The maximum atomic E-state index is 5.71. The first-order chi connectivity index (χ1) is 5.68. The molecule has 0 aromatic heterocycles. The van der Waals surface area contributed by atoms with Gasteiger partial charge in [-0.3, -0.25) is 0 Å². The maximum Gasteiger partial charge on any atom is 0.0406 e. The van der Waals surface area contributed by atoms with Crippen molar-refractivity contribution >= 4 is 29.3 Å². The van der Waals surface area contributed by atoms with Crippen molar-refractivity contribution in [2.24, 2.45) is 0 Å². The van der Waals surface area contributed by atoms with Gasteiger partial charge in [-0.15, -0.1) is 0 Å². The van der Waals surface area contributed by atoms with E-state index < -0.39 is 0 Å². The summed E-state index contributed by atoms with van der Waals surface area (Å²) in [6.45, 7) is 3.54. The molecule has 2 heteroatoms. The van der Waals surface area contributed by atoms with Crippen molar-refractivity contribution in [1.82, 2.24) is 0 Å². The molecule has 0 amide bonds. The van der Waals surface area contributed by atoms with Gasteiger partial charge in [0.25, 0.3) is 0 Å². The molecule has 0 fully saturated rings. The fourth-order valence-electron chi connectivity index (χ4n) is 0.761. The number of rotatable bonds is 2. The van der Waals surface area contributed by atoms with Gasteiger partial charge in [-0.2, -0.15) is 0 Å². The quantitative estimate of drug-likeness (QED) is 0.628. The Kier molecular flexibility index (Phi) is 3.39. The van der Waals surface area contributed by atoms with E-state index >= 15 is 0 Å². The van der Waals surface area contributed by atoms with Crippen molar-refractivity contribution in [3.63, 3.8) is 0 Å². The lowest BCUT2D eigenvalue weighted by Gasteiger charge is -1.92. The molecule has 0 unspecified atom stereocenters. The minimum atomic E-state index is 0.518. The van der Waals surface area contributed by atoms with E-state index in [1.54, 1.807) is 6.08 Å². The van der Waals surface area contributed by atoms with Gasteiger partial charge < -0.3 is 0 Å². The third kappa shape index (κ3) is 3.12. The van der Waals surface area contributed by atoms with Crippen LogP contribution in [0.1, 0.15) is 5.56 Å². The van der Waals surface area contributed by atoms with Gasteiger partial charge in [0, 0.05) is 10.1 Å². The molecule has 0 aliphatic carbocycles. The first-order valence-electron chi connectivity index (χ1n) is 3.46. The van der Waals surface area contributed by atoms with Crippen LogP contribution < -0.4 is 0 Å². The SMILES string of the molecule is C=C(Cl)/C=C/c1ccc(Cl)cc1. The van der Waals surface area contributed by atoms with Crippen LogP contribution >= 0.6 is 23.2 Å². The van der Waals surface area contributed by atoms with Gasteiger partial charge in [0.1, 0.15) is 0 Å². The summed E-state index contributed by atoms with van der Waals surface area (Å²) in [5.74, 6) is 0. The summed E-state index contributed by atoms with van der Waals surface area (Å²) in [5.41, 5.74) is 1.06. The van der Waals surface area contributed by atoms with E-state index in [2.05, 4.69) is 6.58 Å². The third-order valence-corrected chi connectivity index (χ3v) is 1.70. The van der Waals surface area contributed by atoms with E-state index in [0.29, 0.717) is 5.03 Å². The Balaban J connectivity index is 2.77. The van der Waals surface area contributed by atoms with E-state index in [0.717, 1.165) is 10.6 Å². The molecule has 0 radical (unpaired) electrons. The van der Waals surface area contributed by atoms with E-state index in [-0.39, 0.29) is 0 Å². The second-order valence-electron chi connectivity index (χ2n) is 2.33. The zero-order valence-electron chi connectivity index (χ0n) is 6.43. The highest BCUT2D eigenvalue weighted by Gasteiger charge is 1.86. The van der Waals surface area contributed by atoms with Crippen LogP contribution in [0.25, 0.3) is 6.08 Å². The summed E-state index contributed by atoms with van der Waals surface area (Å²) in [6, 6.07) is 7.49. The Labute approximate surface area is 82.1 Å². The van der Waals surface area contributed by atoms with Crippen molar-refractivity contribution in [3.05, 3.63) is 52.5 Å². The maximum absolute atomic E-state index is 5.71. The molecule has 0 bridgehead atoms. The summed E-state index contributed by atoms with van der Waals surface area (Å²) in [7, 11) is 0. The lowest BCUT2D eigenvalue weighted by atomic mass is 10.2. The van der Waals surface area contributed by atoms with Crippen molar-refractivity contribution in [2.45, 2.75) is 0 Å². The first-order valence-corrected chi connectivity index (χ1v) is 4.22. The predicted molar refractivity (Wildman–Crippen MR) is 55.5 cm³/mol. The molecular formula is C10H8Cl2. The molecule has 1 rings (SSSR count). The van der Waals surface area contributed by atoms with Crippen LogP contribution in [0, 0.1) is 0 Å². The van der Waals surface area contributed by atoms with E-state index in [4.69, 9.17) is 23.2 Å². The van der Waals surface area contributed by atoms with Crippen molar-refractivity contribution in [2.75, 3.05) is 0 Å². The Morgan fingerprint density at radius 1 is 1.25 bits per heavy atom. The molecule has 1 aromatic carbocycles. The van der Waals surface area contributed by atoms with E-state index in [1.165, 1.54) is 0 Å². The predicted octanol–water partition coefficient (Wildman–Crippen LogP) is 4.11. The van der Waals surface area contributed by atoms with Crippen molar-refractivity contribution in [1.29, 1.82) is 0 Å². The van der Waals surface area contributed by atoms with Gasteiger partial charge in [-0.25, -0.2) is 0 Å². The highest BCUT2D eigenvalue weighted by Crippen LogP contribution is 2.11. The molecule has 0 saturated heterocycles. The average Bonchev–Trinajstić information content (AvgIpc) is 2.03. The molecule has 0 saturated carbocycles. The molecule has 0 nitrogen and oxygen atoms in total. The molecule has 0 spiro atoms. The molecule has 12 heavy (non-hydrogen) atoms. The lowest BCUT2D eigenvalue weighted by molar-refractivity contribution is 1.66. The van der Waals surface area contributed by atoms with E-state index in [9.17, 15) is 0 Å². The molecule has 62 valence electrons. The fraction of sp³-hybridized carbons (Fsp3) is 0. The van der Waals surface area contributed by atoms with E-state index in [1.807, 2.05) is 30.3 Å². The van der Waals surface area contributed by atoms with Crippen LogP contribution in [-0.2, 0) is 0 Å². The van der Waals surface area contributed by atoms with Gasteiger partial charge in [0.15, 0.2) is 0 Å². The highest BCUT2D eigenvalue weighted by atomic mass is 35.5. The molecule has 0 heterocycles. The summed E-state index contributed by atoms with van der Waals surface area (Å²) < 4.78 is 0. The highest BCUT2D eigenvalue weighted by molar-refractivity contribution is 6.31. The molecule has 0 atom stereocenters.